The normalized spacial score (nSPS) is 21.4. The molecule has 2 saturated heterocycles. The first-order valence-corrected chi connectivity index (χ1v) is 17.6. The Morgan fingerprint density at radius 2 is 1.76 bits per heavy atom. The number of aromatic nitrogens is 6. The molecule has 6 rings (SSSR count). The van der Waals surface area contributed by atoms with Gasteiger partial charge in [-0.3, -0.25) is 28.9 Å². The molecule has 51 heavy (non-hydrogen) atoms. The Labute approximate surface area is 305 Å². The van der Waals surface area contributed by atoms with Gasteiger partial charge in [-0.25, -0.2) is 15.0 Å². The predicted octanol–water partition coefficient (Wildman–Crippen LogP) is 4.82. The number of amides is 2. The van der Waals surface area contributed by atoms with E-state index in [1.54, 1.807) is 31.6 Å². The number of rotatable bonds is 8. The first-order chi connectivity index (χ1) is 24.1. The van der Waals surface area contributed by atoms with Crippen molar-refractivity contribution in [2.45, 2.75) is 91.1 Å². The molecule has 1 N–H and O–H groups in total. The van der Waals surface area contributed by atoms with E-state index in [2.05, 4.69) is 84.8 Å². The van der Waals surface area contributed by atoms with E-state index < -0.39 is 18.0 Å². The highest BCUT2D eigenvalue weighted by Crippen LogP contribution is 2.35. The Morgan fingerprint density at radius 1 is 1.08 bits per heavy atom. The molecule has 3 atom stereocenters. The molecule has 0 radical (unpaired) electrons. The fourth-order valence-electron chi connectivity index (χ4n) is 7.24. The summed E-state index contributed by atoms with van der Waals surface area (Å²) in [6.07, 6.45) is 11.2. The van der Waals surface area contributed by atoms with Crippen LogP contribution < -0.4 is 5.32 Å². The van der Waals surface area contributed by atoms with Crippen LogP contribution in [-0.4, -0.2) is 93.5 Å². The summed E-state index contributed by atoms with van der Waals surface area (Å²) >= 11 is 3.46. The number of ketones is 1. The first-order valence-electron chi connectivity index (χ1n) is 16.8. The van der Waals surface area contributed by atoms with Crippen LogP contribution in [0.25, 0.3) is 22.2 Å². The van der Waals surface area contributed by atoms with Crippen LogP contribution >= 0.6 is 15.9 Å². The van der Waals surface area contributed by atoms with Crippen molar-refractivity contribution < 1.29 is 19.1 Å². The summed E-state index contributed by atoms with van der Waals surface area (Å²) in [5.41, 5.74) is 2.25. The van der Waals surface area contributed by atoms with Gasteiger partial charge in [-0.1, -0.05) is 18.9 Å². The predicted molar refractivity (Wildman–Crippen MR) is 195 cm³/mol. The van der Waals surface area contributed by atoms with Crippen molar-refractivity contribution in [2.24, 2.45) is 5.92 Å². The quantitative estimate of drug-likeness (QED) is 0.151. The molecular weight excluding hydrogens is 714 g/mol. The molecule has 0 saturated carbocycles. The van der Waals surface area contributed by atoms with Gasteiger partial charge in [0, 0.05) is 53.5 Å². The molecule has 4 aromatic heterocycles. The zero-order valence-electron chi connectivity index (χ0n) is 29.9. The Kier molecular flexibility index (Phi) is 9.84. The number of carbonyl (C=O) groups excluding carboxylic acids is 3. The standard InChI is InChI=1S/C37H42BrN9O4/c1-9-28-21(2)12-29(35(50)43-34-24(10-11-31(38)42-34)17-46-36(5,6)19-51-20-37(46,7)8)47(28)32(49)18-45-30-16-41-27(25-14-39-23(4)40-15-25)13-26(30)33(44-45)22(3)48/h1,10-11,13-16,21,28-29H,12,17-20H2,2-8H3,(H,42,43,50)/t21-,28+,29-/m0/s1. The largest absolute Gasteiger partial charge is 0.378 e. The van der Waals surface area contributed by atoms with Gasteiger partial charge in [-0.15, -0.1) is 6.42 Å². The number of terminal acetylenes is 1. The van der Waals surface area contributed by atoms with Gasteiger partial charge < -0.3 is 15.0 Å². The molecule has 14 heteroatoms. The Bertz CT molecular complexity index is 2040. The molecule has 13 nitrogen and oxygen atoms in total. The summed E-state index contributed by atoms with van der Waals surface area (Å²) in [7, 11) is 0. The number of Topliss-reactive ketones (excluding diaryl/α,β-unsaturated/α-hetero) is 1. The Hall–Kier alpha value is -4.58. The number of anilines is 1. The van der Waals surface area contributed by atoms with Gasteiger partial charge in [0.15, 0.2) is 5.78 Å². The molecule has 2 amide bonds. The third-order valence-electron chi connectivity index (χ3n) is 9.75. The monoisotopic (exact) mass is 755 g/mol. The van der Waals surface area contributed by atoms with Gasteiger partial charge >= 0.3 is 0 Å². The van der Waals surface area contributed by atoms with Crippen molar-refractivity contribution in [3.05, 3.63) is 58.5 Å². The smallest absolute Gasteiger partial charge is 0.248 e. The average molecular weight is 757 g/mol. The maximum atomic E-state index is 14.2. The second-order valence-electron chi connectivity index (χ2n) is 14.6. The van der Waals surface area contributed by atoms with Crippen molar-refractivity contribution in [1.29, 1.82) is 0 Å². The molecule has 0 spiro atoms. The number of likely N-dealkylation sites (tertiary alicyclic amines) is 1. The van der Waals surface area contributed by atoms with E-state index in [9.17, 15) is 14.4 Å². The molecule has 4 aromatic rings. The average Bonchev–Trinajstić information content (AvgIpc) is 3.60. The minimum atomic E-state index is -0.862. The summed E-state index contributed by atoms with van der Waals surface area (Å²) < 4.78 is 7.91. The van der Waals surface area contributed by atoms with Gasteiger partial charge in [0.25, 0.3) is 0 Å². The number of halogens is 1. The number of morpholine rings is 1. The number of hydrogen-bond acceptors (Lipinski definition) is 10. The molecule has 0 bridgehead atoms. The van der Waals surface area contributed by atoms with E-state index in [0.717, 1.165) is 5.56 Å². The molecule has 266 valence electrons. The maximum absolute atomic E-state index is 14.2. The maximum Gasteiger partial charge on any atom is 0.248 e. The third-order valence-corrected chi connectivity index (χ3v) is 10.2. The van der Waals surface area contributed by atoms with Crippen LogP contribution in [-0.2, 0) is 27.4 Å². The zero-order chi connectivity index (χ0) is 36.8. The van der Waals surface area contributed by atoms with Crippen LogP contribution in [0.2, 0.25) is 0 Å². The summed E-state index contributed by atoms with van der Waals surface area (Å²) in [6, 6.07) is 4.05. The molecular formula is C37H42BrN9O4. The number of ether oxygens (including phenoxy) is 1. The number of fused-ring (bicyclic) bond motifs is 1. The van der Waals surface area contributed by atoms with Gasteiger partial charge in [-0.2, -0.15) is 5.10 Å². The highest BCUT2D eigenvalue weighted by Gasteiger charge is 2.46. The van der Waals surface area contributed by atoms with E-state index in [4.69, 9.17) is 11.2 Å². The molecule has 6 heterocycles. The fraction of sp³-hybridized carbons (Fsp3) is 0.459. The second-order valence-corrected chi connectivity index (χ2v) is 15.5. The topological polar surface area (TPSA) is 148 Å². The summed E-state index contributed by atoms with van der Waals surface area (Å²) in [6.45, 7) is 15.1. The molecule has 0 unspecified atom stereocenters. The zero-order valence-corrected chi connectivity index (χ0v) is 31.5. The molecule has 2 aliphatic rings. The highest BCUT2D eigenvalue weighted by molar-refractivity contribution is 9.10. The van der Waals surface area contributed by atoms with E-state index in [1.807, 2.05) is 19.1 Å². The number of nitrogens with zero attached hydrogens (tertiary/aromatic N) is 8. The molecule has 0 aliphatic carbocycles. The lowest BCUT2D eigenvalue weighted by Crippen LogP contribution is -2.62. The van der Waals surface area contributed by atoms with E-state index in [0.29, 0.717) is 64.6 Å². The SMILES string of the molecule is C#C[C@@H]1[C@@H](C)C[C@@H](C(=O)Nc2nc(Br)ccc2CN2C(C)(C)COCC2(C)C)N1C(=O)Cn1nc(C(C)=O)c2cc(-c3cnc(C)nc3)ncc21. The van der Waals surface area contributed by atoms with Crippen LogP contribution in [0.15, 0.2) is 41.4 Å². The summed E-state index contributed by atoms with van der Waals surface area (Å²) in [5.74, 6) is 2.56. The van der Waals surface area contributed by atoms with Crippen molar-refractivity contribution in [1.82, 2.24) is 39.5 Å². The van der Waals surface area contributed by atoms with Crippen molar-refractivity contribution >= 4 is 50.2 Å². The van der Waals surface area contributed by atoms with Gasteiger partial charge in [0.1, 0.15) is 34.5 Å². The van der Waals surface area contributed by atoms with Crippen LogP contribution in [0, 0.1) is 25.2 Å². The molecule has 0 aromatic carbocycles. The highest BCUT2D eigenvalue weighted by atomic mass is 79.9. The van der Waals surface area contributed by atoms with Gasteiger partial charge in [-0.05, 0) is 75.0 Å². The van der Waals surface area contributed by atoms with Gasteiger partial charge in [0.2, 0.25) is 11.8 Å². The number of carbonyl (C=O) groups is 3. The first kappa shape index (κ1) is 36.2. The van der Waals surface area contributed by atoms with E-state index in [1.165, 1.54) is 16.5 Å². The molecule has 2 fully saturated rings. The fourth-order valence-corrected chi connectivity index (χ4v) is 7.55. The number of pyridine rings is 2. The van der Waals surface area contributed by atoms with Crippen LogP contribution in [0.4, 0.5) is 5.82 Å². The van der Waals surface area contributed by atoms with E-state index in [-0.39, 0.29) is 40.9 Å². The Balaban J connectivity index is 1.28. The minimum Gasteiger partial charge on any atom is -0.378 e. The van der Waals surface area contributed by atoms with Crippen LogP contribution in [0.5, 0.6) is 0 Å². The summed E-state index contributed by atoms with van der Waals surface area (Å²) in [4.78, 5) is 62.6. The lowest BCUT2D eigenvalue weighted by molar-refractivity contribution is -0.138. The Morgan fingerprint density at radius 3 is 2.41 bits per heavy atom. The lowest BCUT2D eigenvalue weighted by Gasteiger charge is -2.52. The van der Waals surface area contributed by atoms with Crippen molar-refractivity contribution in [2.75, 3.05) is 18.5 Å². The van der Waals surface area contributed by atoms with E-state index >= 15 is 0 Å². The number of hydrogen-bond donors (Lipinski definition) is 1. The second kappa shape index (κ2) is 13.9. The third kappa shape index (κ3) is 7.15. The number of aryl methyl sites for hydroxylation is 1. The van der Waals surface area contributed by atoms with Crippen molar-refractivity contribution in [3.8, 4) is 23.6 Å². The van der Waals surface area contributed by atoms with Gasteiger partial charge in [0.05, 0.1) is 36.7 Å². The number of nitrogens with one attached hydrogen (secondary N) is 1. The minimum absolute atomic E-state index is 0.150. The van der Waals surface area contributed by atoms with Crippen LogP contribution in [0.1, 0.15) is 69.8 Å². The van der Waals surface area contributed by atoms with Crippen LogP contribution in [0.3, 0.4) is 0 Å². The molecule has 2 aliphatic heterocycles. The lowest BCUT2D eigenvalue weighted by atomic mass is 9.91. The summed E-state index contributed by atoms with van der Waals surface area (Å²) in [5, 5.41) is 8.10. The van der Waals surface area contributed by atoms with Crippen molar-refractivity contribution in [3.63, 3.8) is 0 Å².